The van der Waals surface area contributed by atoms with Gasteiger partial charge in [-0.05, 0) is 25.3 Å². The van der Waals surface area contributed by atoms with Crippen LogP contribution in [0, 0.1) is 5.82 Å². The maximum Gasteiger partial charge on any atom is 0.224 e. The number of nitrogens with zero attached hydrogens (tertiary/aromatic N) is 3. The van der Waals surface area contributed by atoms with Crippen molar-refractivity contribution in [2.24, 2.45) is 0 Å². The highest BCUT2D eigenvalue weighted by Crippen LogP contribution is 2.23. The Labute approximate surface area is 116 Å². The normalized spacial score (nSPS) is 10.8. The quantitative estimate of drug-likeness (QED) is 0.913. The molecule has 2 rings (SSSR count). The lowest BCUT2D eigenvalue weighted by Gasteiger charge is -2.27. The summed E-state index contributed by atoms with van der Waals surface area (Å²) in [5.41, 5.74) is 0. The maximum atomic E-state index is 14.0. The Morgan fingerprint density at radius 3 is 2.84 bits per heavy atom. The van der Waals surface area contributed by atoms with Crippen molar-refractivity contribution in [2.75, 3.05) is 17.3 Å². The Kier molecular flexibility index (Phi) is 4.31. The average molecular weight is 280 g/mol. The van der Waals surface area contributed by atoms with Crippen molar-refractivity contribution in [1.29, 1.82) is 0 Å². The van der Waals surface area contributed by atoms with E-state index >= 15 is 0 Å². The van der Waals surface area contributed by atoms with Gasteiger partial charge in [-0.15, -0.1) is 11.3 Å². The van der Waals surface area contributed by atoms with E-state index in [2.05, 4.69) is 15.3 Å². The second-order valence-corrected chi connectivity index (χ2v) is 5.45. The molecule has 0 aliphatic carbocycles. The molecule has 0 aliphatic rings. The number of nitrogens with one attached hydrogen (secondary N) is 1. The highest BCUT2D eigenvalue weighted by atomic mass is 32.1. The first-order chi connectivity index (χ1) is 9.11. The molecule has 6 heteroatoms. The lowest BCUT2D eigenvalue weighted by atomic mass is 10.3. The van der Waals surface area contributed by atoms with Crippen LogP contribution in [0.3, 0.4) is 0 Å². The maximum absolute atomic E-state index is 14.0. The SMILES string of the molecule is CNc1ncc(F)c(N(Cc2cccs2)C(C)C)n1. The van der Waals surface area contributed by atoms with E-state index in [4.69, 9.17) is 0 Å². The fraction of sp³-hybridized carbons (Fsp3) is 0.385. The lowest BCUT2D eigenvalue weighted by molar-refractivity contribution is 0.584. The van der Waals surface area contributed by atoms with Gasteiger partial charge in [-0.2, -0.15) is 4.98 Å². The fourth-order valence-corrected chi connectivity index (χ4v) is 2.46. The van der Waals surface area contributed by atoms with Crippen LogP contribution in [0.2, 0.25) is 0 Å². The van der Waals surface area contributed by atoms with Gasteiger partial charge in [0.2, 0.25) is 5.95 Å². The highest BCUT2D eigenvalue weighted by Gasteiger charge is 2.18. The first-order valence-electron chi connectivity index (χ1n) is 6.11. The van der Waals surface area contributed by atoms with Gasteiger partial charge < -0.3 is 10.2 Å². The number of thiophene rings is 1. The largest absolute Gasteiger partial charge is 0.357 e. The van der Waals surface area contributed by atoms with E-state index in [1.54, 1.807) is 18.4 Å². The zero-order valence-corrected chi connectivity index (χ0v) is 12.0. The predicted molar refractivity (Wildman–Crippen MR) is 77.2 cm³/mol. The van der Waals surface area contributed by atoms with E-state index in [0.717, 1.165) is 0 Å². The molecule has 0 spiro atoms. The van der Waals surface area contributed by atoms with Crippen LogP contribution < -0.4 is 10.2 Å². The van der Waals surface area contributed by atoms with Crippen LogP contribution in [0.5, 0.6) is 0 Å². The molecule has 1 N–H and O–H groups in total. The highest BCUT2D eigenvalue weighted by molar-refractivity contribution is 7.09. The molecule has 0 atom stereocenters. The molecule has 0 radical (unpaired) electrons. The zero-order valence-electron chi connectivity index (χ0n) is 11.2. The van der Waals surface area contributed by atoms with Gasteiger partial charge in [0, 0.05) is 18.0 Å². The number of hydrogen-bond acceptors (Lipinski definition) is 5. The standard InChI is InChI=1S/C13H17FN4S/c1-9(2)18(8-10-5-4-6-19-10)12-11(14)7-16-13(15-3)17-12/h4-7,9H,8H2,1-3H3,(H,15,16,17). The molecule has 0 aliphatic heterocycles. The molecule has 0 aromatic carbocycles. The molecule has 0 amide bonds. The third-order valence-corrected chi connectivity index (χ3v) is 3.61. The summed E-state index contributed by atoms with van der Waals surface area (Å²) in [6, 6.07) is 4.18. The third-order valence-electron chi connectivity index (χ3n) is 2.75. The van der Waals surface area contributed by atoms with Crippen LogP contribution in [0.15, 0.2) is 23.7 Å². The van der Waals surface area contributed by atoms with E-state index in [1.165, 1.54) is 11.1 Å². The molecule has 0 saturated heterocycles. The molecule has 4 nitrogen and oxygen atoms in total. The van der Waals surface area contributed by atoms with Gasteiger partial charge in [-0.25, -0.2) is 9.37 Å². The molecule has 0 fully saturated rings. The van der Waals surface area contributed by atoms with Crippen LogP contribution in [0.1, 0.15) is 18.7 Å². The number of halogens is 1. The van der Waals surface area contributed by atoms with Crippen molar-refractivity contribution in [1.82, 2.24) is 9.97 Å². The summed E-state index contributed by atoms with van der Waals surface area (Å²) in [6.45, 7) is 4.69. The predicted octanol–water partition coefficient (Wildman–Crippen LogP) is 3.13. The molecular weight excluding hydrogens is 263 g/mol. The van der Waals surface area contributed by atoms with E-state index in [1.807, 2.05) is 36.3 Å². The first-order valence-corrected chi connectivity index (χ1v) is 6.99. The number of hydrogen-bond donors (Lipinski definition) is 1. The summed E-state index contributed by atoms with van der Waals surface area (Å²) in [4.78, 5) is 11.2. The van der Waals surface area contributed by atoms with Crippen LogP contribution in [-0.2, 0) is 6.54 Å². The van der Waals surface area contributed by atoms with Crippen molar-refractivity contribution in [2.45, 2.75) is 26.4 Å². The average Bonchev–Trinajstić information content (AvgIpc) is 2.89. The van der Waals surface area contributed by atoms with E-state index in [-0.39, 0.29) is 6.04 Å². The Bertz CT molecular complexity index is 527. The summed E-state index contributed by atoms with van der Waals surface area (Å²) in [7, 11) is 1.72. The van der Waals surface area contributed by atoms with Crippen LogP contribution in [-0.4, -0.2) is 23.1 Å². The summed E-state index contributed by atoms with van der Waals surface area (Å²) < 4.78 is 14.0. The smallest absolute Gasteiger partial charge is 0.224 e. The van der Waals surface area contributed by atoms with Crippen molar-refractivity contribution in [3.8, 4) is 0 Å². The lowest BCUT2D eigenvalue weighted by Crippen LogP contribution is -2.31. The minimum absolute atomic E-state index is 0.149. The molecule has 0 unspecified atom stereocenters. The van der Waals surface area contributed by atoms with Gasteiger partial charge in [0.15, 0.2) is 11.6 Å². The molecule has 0 bridgehead atoms. The zero-order chi connectivity index (χ0) is 13.8. The van der Waals surface area contributed by atoms with E-state index in [0.29, 0.717) is 18.3 Å². The van der Waals surface area contributed by atoms with E-state index < -0.39 is 5.82 Å². The van der Waals surface area contributed by atoms with Gasteiger partial charge in [0.25, 0.3) is 0 Å². The number of aromatic nitrogens is 2. The molecule has 19 heavy (non-hydrogen) atoms. The summed E-state index contributed by atoms with van der Waals surface area (Å²) >= 11 is 1.66. The third kappa shape index (κ3) is 3.20. The van der Waals surface area contributed by atoms with Crippen LogP contribution >= 0.6 is 11.3 Å². The Morgan fingerprint density at radius 1 is 1.47 bits per heavy atom. The topological polar surface area (TPSA) is 41.1 Å². The monoisotopic (exact) mass is 280 g/mol. The second-order valence-electron chi connectivity index (χ2n) is 4.42. The van der Waals surface area contributed by atoms with Gasteiger partial charge in [0.05, 0.1) is 12.7 Å². The molecule has 102 valence electrons. The van der Waals surface area contributed by atoms with Crippen molar-refractivity contribution in [3.05, 3.63) is 34.4 Å². The van der Waals surface area contributed by atoms with Crippen molar-refractivity contribution >= 4 is 23.1 Å². The number of anilines is 2. The summed E-state index contributed by atoms with van der Waals surface area (Å²) in [6.07, 6.45) is 1.21. The number of rotatable bonds is 5. The van der Waals surface area contributed by atoms with Crippen LogP contribution in [0.25, 0.3) is 0 Å². The molecule has 2 aromatic heterocycles. The second kappa shape index (κ2) is 5.97. The summed E-state index contributed by atoms with van der Waals surface area (Å²) in [5, 5.41) is 4.85. The summed E-state index contributed by atoms with van der Waals surface area (Å²) in [5.74, 6) is 0.361. The molecule has 2 heterocycles. The van der Waals surface area contributed by atoms with Crippen molar-refractivity contribution in [3.63, 3.8) is 0 Å². The molecule has 2 aromatic rings. The molecule has 0 saturated carbocycles. The Balaban J connectivity index is 2.33. The minimum atomic E-state index is -0.399. The van der Waals surface area contributed by atoms with Gasteiger partial charge in [-0.1, -0.05) is 6.07 Å². The van der Waals surface area contributed by atoms with Gasteiger partial charge in [0.1, 0.15) is 0 Å². The van der Waals surface area contributed by atoms with Gasteiger partial charge >= 0.3 is 0 Å². The Hall–Kier alpha value is -1.69. The first kappa shape index (κ1) is 13.7. The molecular formula is C13H17FN4S. The Morgan fingerprint density at radius 2 is 2.26 bits per heavy atom. The van der Waals surface area contributed by atoms with Crippen molar-refractivity contribution < 1.29 is 4.39 Å². The fourth-order valence-electron chi connectivity index (χ4n) is 1.75. The van der Waals surface area contributed by atoms with Gasteiger partial charge in [-0.3, -0.25) is 0 Å². The van der Waals surface area contributed by atoms with Crippen LogP contribution in [0.4, 0.5) is 16.2 Å². The van der Waals surface area contributed by atoms with E-state index in [9.17, 15) is 4.39 Å². The minimum Gasteiger partial charge on any atom is -0.357 e.